The molecule has 0 saturated heterocycles. The Labute approximate surface area is 99.0 Å². The second kappa shape index (κ2) is 6.63. The monoisotopic (exact) mass is 242 g/mol. The maximum atomic E-state index is 10.6. The lowest BCUT2D eigenvalue weighted by molar-refractivity contribution is -0.132. The number of carboxylic acid groups (broad SMARTS) is 1. The number of rotatable bonds is 3. The van der Waals surface area contributed by atoms with E-state index in [1.54, 1.807) is 24.3 Å². The molecule has 0 amide bonds. The van der Waals surface area contributed by atoms with Gasteiger partial charge in [-0.1, -0.05) is 12.1 Å². The SMILES string of the molecule is CC(=O)Oc1ccc(C=CC(=O)O)cc1.Cl. The molecule has 0 aliphatic carbocycles. The summed E-state index contributed by atoms with van der Waals surface area (Å²) in [5.74, 6) is -0.946. The van der Waals surface area contributed by atoms with E-state index >= 15 is 0 Å². The van der Waals surface area contributed by atoms with Crippen LogP contribution in [0.25, 0.3) is 6.08 Å². The zero-order valence-electron chi connectivity index (χ0n) is 8.54. The third kappa shape index (κ3) is 5.17. The van der Waals surface area contributed by atoms with Gasteiger partial charge in [-0.05, 0) is 23.8 Å². The molecule has 0 spiro atoms. The van der Waals surface area contributed by atoms with Gasteiger partial charge >= 0.3 is 11.9 Å². The van der Waals surface area contributed by atoms with Crippen molar-refractivity contribution < 1.29 is 19.4 Å². The van der Waals surface area contributed by atoms with Crippen LogP contribution in [0.5, 0.6) is 5.75 Å². The Bertz CT molecular complexity index is 395. The van der Waals surface area contributed by atoms with Crippen molar-refractivity contribution in [3.63, 3.8) is 0 Å². The fourth-order valence-electron chi connectivity index (χ4n) is 0.980. The third-order valence-electron chi connectivity index (χ3n) is 1.56. The van der Waals surface area contributed by atoms with Crippen LogP contribution in [-0.2, 0) is 9.59 Å². The molecule has 1 rings (SSSR count). The van der Waals surface area contributed by atoms with E-state index in [1.165, 1.54) is 13.0 Å². The summed E-state index contributed by atoms with van der Waals surface area (Å²) in [5, 5.41) is 8.39. The van der Waals surface area contributed by atoms with E-state index in [-0.39, 0.29) is 18.4 Å². The van der Waals surface area contributed by atoms with Gasteiger partial charge in [0.05, 0.1) is 0 Å². The molecule has 5 heteroatoms. The second-order valence-electron chi connectivity index (χ2n) is 2.83. The zero-order valence-corrected chi connectivity index (χ0v) is 9.36. The number of carboxylic acids is 1. The Kier molecular flexibility index (Phi) is 5.88. The molecule has 16 heavy (non-hydrogen) atoms. The molecule has 0 unspecified atom stereocenters. The highest BCUT2D eigenvalue weighted by molar-refractivity contribution is 5.85. The van der Waals surface area contributed by atoms with E-state index in [0.29, 0.717) is 5.75 Å². The second-order valence-corrected chi connectivity index (χ2v) is 2.83. The minimum atomic E-state index is -1.00. The van der Waals surface area contributed by atoms with Crippen LogP contribution in [-0.4, -0.2) is 17.0 Å². The molecule has 0 atom stereocenters. The van der Waals surface area contributed by atoms with Gasteiger partial charge in [0.1, 0.15) is 5.75 Å². The molecule has 4 nitrogen and oxygen atoms in total. The van der Waals surface area contributed by atoms with Gasteiger partial charge in [-0.2, -0.15) is 0 Å². The van der Waals surface area contributed by atoms with Crippen molar-refractivity contribution in [3.8, 4) is 5.75 Å². The van der Waals surface area contributed by atoms with Crippen molar-refractivity contribution in [3.05, 3.63) is 35.9 Å². The summed E-state index contributed by atoms with van der Waals surface area (Å²) >= 11 is 0. The van der Waals surface area contributed by atoms with E-state index in [0.717, 1.165) is 11.6 Å². The summed E-state index contributed by atoms with van der Waals surface area (Å²) in [6.07, 6.45) is 2.50. The first-order valence-electron chi connectivity index (χ1n) is 4.27. The molecule has 0 fully saturated rings. The number of halogens is 1. The predicted octanol–water partition coefficient (Wildman–Crippen LogP) is 2.13. The number of hydrogen-bond donors (Lipinski definition) is 1. The lowest BCUT2D eigenvalue weighted by Gasteiger charge is -2.00. The topological polar surface area (TPSA) is 63.6 Å². The van der Waals surface area contributed by atoms with Gasteiger partial charge in [0, 0.05) is 13.0 Å². The van der Waals surface area contributed by atoms with Crippen molar-refractivity contribution in [1.82, 2.24) is 0 Å². The first-order valence-corrected chi connectivity index (χ1v) is 4.27. The van der Waals surface area contributed by atoms with Crippen LogP contribution >= 0.6 is 12.4 Å². The molecule has 1 N–H and O–H groups in total. The zero-order chi connectivity index (χ0) is 11.3. The Morgan fingerprint density at radius 2 is 1.81 bits per heavy atom. The summed E-state index contributed by atoms with van der Waals surface area (Å²) in [6.45, 7) is 1.32. The molecular weight excluding hydrogens is 232 g/mol. The summed E-state index contributed by atoms with van der Waals surface area (Å²) in [7, 11) is 0. The first-order chi connectivity index (χ1) is 7.08. The van der Waals surface area contributed by atoms with Crippen molar-refractivity contribution in [2.75, 3.05) is 0 Å². The van der Waals surface area contributed by atoms with Gasteiger partial charge < -0.3 is 9.84 Å². The number of carbonyl (C=O) groups is 2. The Morgan fingerprint density at radius 3 is 2.25 bits per heavy atom. The van der Waals surface area contributed by atoms with Crippen molar-refractivity contribution in [2.24, 2.45) is 0 Å². The van der Waals surface area contributed by atoms with E-state index in [9.17, 15) is 9.59 Å². The number of hydrogen-bond acceptors (Lipinski definition) is 3. The molecule has 0 aromatic heterocycles. The van der Waals surface area contributed by atoms with Crippen LogP contribution in [0.1, 0.15) is 12.5 Å². The minimum Gasteiger partial charge on any atom is -0.478 e. The summed E-state index contributed by atoms with van der Waals surface area (Å²) in [4.78, 5) is 20.8. The molecule has 0 radical (unpaired) electrons. The Morgan fingerprint density at radius 1 is 1.25 bits per heavy atom. The fraction of sp³-hybridized carbons (Fsp3) is 0.0909. The van der Waals surface area contributed by atoms with Crippen LogP contribution in [0.4, 0.5) is 0 Å². The van der Waals surface area contributed by atoms with E-state index in [4.69, 9.17) is 9.84 Å². The summed E-state index contributed by atoms with van der Waals surface area (Å²) in [5.41, 5.74) is 0.730. The average Bonchev–Trinajstić information content (AvgIpc) is 2.16. The molecule has 0 saturated carbocycles. The maximum Gasteiger partial charge on any atom is 0.328 e. The lowest BCUT2D eigenvalue weighted by atomic mass is 10.2. The number of ether oxygens (including phenoxy) is 1. The lowest BCUT2D eigenvalue weighted by Crippen LogP contribution is -2.00. The molecule has 0 heterocycles. The van der Waals surface area contributed by atoms with Gasteiger partial charge in [-0.25, -0.2) is 4.79 Å². The third-order valence-corrected chi connectivity index (χ3v) is 1.56. The highest BCUT2D eigenvalue weighted by atomic mass is 35.5. The molecule has 1 aromatic rings. The van der Waals surface area contributed by atoms with Gasteiger partial charge in [-0.15, -0.1) is 12.4 Å². The predicted molar refractivity (Wildman–Crippen MR) is 61.7 cm³/mol. The van der Waals surface area contributed by atoms with Gasteiger partial charge in [-0.3, -0.25) is 4.79 Å². The van der Waals surface area contributed by atoms with Gasteiger partial charge in [0.15, 0.2) is 0 Å². The molecule has 0 bridgehead atoms. The summed E-state index contributed by atoms with van der Waals surface area (Å²) < 4.78 is 4.82. The van der Waals surface area contributed by atoms with E-state index < -0.39 is 5.97 Å². The van der Waals surface area contributed by atoms with Crippen LogP contribution in [0.2, 0.25) is 0 Å². The number of aliphatic carboxylic acids is 1. The minimum absolute atomic E-state index is 0. The average molecular weight is 243 g/mol. The molecule has 0 aliphatic heterocycles. The van der Waals surface area contributed by atoms with Crippen LogP contribution in [0.15, 0.2) is 30.3 Å². The highest BCUT2D eigenvalue weighted by Crippen LogP contribution is 2.13. The van der Waals surface area contributed by atoms with Crippen molar-refractivity contribution in [2.45, 2.75) is 6.92 Å². The molecule has 0 aliphatic rings. The Balaban J connectivity index is 0.00000225. The van der Waals surface area contributed by atoms with Crippen molar-refractivity contribution >= 4 is 30.4 Å². The number of carbonyl (C=O) groups excluding carboxylic acids is 1. The van der Waals surface area contributed by atoms with Gasteiger partial charge in [0.25, 0.3) is 0 Å². The van der Waals surface area contributed by atoms with Gasteiger partial charge in [0.2, 0.25) is 0 Å². The van der Waals surface area contributed by atoms with Crippen LogP contribution < -0.4 is 4.74 Å². The molecular formula is C11H11ClO4. The number of benzene rings is 1. The number of esters is 1. The van der Waals surface area contributed by atoms with Crippen LogP contribution in [0, 0.1) is 0 Å². The standard InChI is InChI=1S/C11H10O4.ClH/c1-8(12)15-10-5-2-9(3-6-10)4-7-11(13)14;/h2-7H,1H3,(H,13,14);1H. The Hall–Kier alpha value is -1.81. The summed E-state index contributed by atoms with van der Waals surface area (Å²) in [6, 6.07) is 6.53. The quantitative estimate of drug-likeness (QED) is 0.501. The van der Waals surface area contributed by atoms with E-state index in [1.807, 2.05) is 0 Å². The fourth-order valence-corrected chi connectivity index (χ4v) is 0.980. The highest BCUT2D eigenvalue weighted by Gasteiger charge is 1.96. The maximum absolute atomic E-state index is 10.6. The molecule has 86 valence electrons. The smallest absolute Gasteiger partial charge is 0.328 e. The molecule has 1 aromatic carbocycles. The van der Waals surface area contributed by atoms with Crippen molar-refractivity contribution in [1.29, 1.82) is 0 Å². The van der Waals surface area contributed by atoms with E-state index in [2.05, 4.69) is 0 Å². The normalized spacial score (nSPS) is 9.56. The first kappa shape index (κ1) is 14.2. The van der Waals surface area contributed by atoms with Crippen LogP contribution in [0.3, 0.4) is 0 Å². The largest absolute Gasteiger partial charge is 0.478 e.